The van der Waals surface area contributed by atoms with Gasteiger partial charge >= 0.3 is 0 Å². The van der Waals surface area contributed by atoms with Crippen LogP contribution in [0.3, 0.4) is 0 Å². The number of nitrogens with zero attached hydrogens (tertiary/aromatic N) is 2. The highest BCUT2D eigenvalue weighted by Gasteiger charge is 2.16. The van der Waals surface area contributed by atoms with Crippen LogP contribution >= 0.6 is 24.4 Å². The number of hydrazine groups is 1. The molecule has 0 unspecified atom stereocenters. The van der Waals surface area contributed by atoms with E-state index in [9.17, 15) is 0 Å². The molecule has 1 aliphatic heterocycles. The van der Waals surface area contributed by atoms with Crippen molar-refractivity contribution in [2.75, 3.05) is 13.1 Å². The SMILES string of the molecule is NC(=S)NC1=NCCN1NC(N)=S. The van der Waals surface area contributed by atoms with E-state index in [0.29, 0.717) is 19.0 Å². The van der Waals surface area contributed by atoms with Gasteiger partial charge in [0, 0.05) is 0 Å². The maximum atomic E-state index is 5.30. The Morgan fingerprint density at radius 2 is 2.08 bits per heavy atom. The van der Waals surface area contributed by atoms with E-state index in [1.54, 1.807) is 5.01 Å². The molecule has 0 saturated carbocycles. The van der Waals surface area contributed by atoms with Gasteiger partial charge in [-0.2, -0.15) is 0 Å². The molecule has 0 spiro atoms. The van der Waals surface area contributed by atoms with Crippen LogP contribution in [0, 0.1) is 0 Å². The largest absolute Gasteiger partial charge is 0.376 e. The third-order valence-corrected chi connectivity index (χ3v) is 1.51. The first-order valence-corrected chi connectivity index (χ1v) is 4.36. The number of nitrogens with one attached hydrogen (secondary N) is 2. The van der Waals surface area contributed by atoms with Crippen LogP contribution in [0.15, 0.2) is 4.99 Å². The van der Waals surface area contributed by atoms with Gasteiger partial charge < -0.3 is 16.8 Å². The van der Waals surface area contributed by atoms with Crippen molar-refractivity contribution in [3.05, 3.63) is 0 Å². The lowest BCUT2D eigenvalue weighted by molar-refractivity contribution is 0.406. The molecular weight excluding hydrogens is 208 g/mol. The van der Waals surface area contributed by atoms with E-state index in [0.717, 1.165) is 0 Å². The monoisotopic (exact) mass is 218 g/mol. The first kappa shape index (κ1) is 9.93. The van der Waals surface area contributed by atoms with Crippen molar-refractivity contribution in [3.8, 4) is 0 Å². The number of hydrogen-bond acceptors (Lipinski definition) is 4. The molecule has 8 heteroatoms. The van der Waals surface area contributed by atoms with Crippen LogP contribution in [0.5, 0.6) is 0 Å². The summed E-state index contributed by atoms with van der Waals surface area (Å²) in [6.07, 6.45) is 0. The fourth-order valence-electron chi connectivity index (χ4n) is 0.906. The van der Waals surface area contributed by atoms with Gasteiger partial charge in [0.1, 0.15) is 0 Å². The predicted molar refractivity (Wildman–Crippen MR) is 58.9 cm³/mol. The van der Waals surface area contributed by atoms with Gasteiger partial charge in [0.05, 0.1) is 13.1 Å². The number of guanidine groups is 1. The van der Waals surface area contributed by atoms with Crippen molar-refractivity contribution >= 4 is 40.6 Å². The van der Waals surface area contributed by atoms with Gasteiger partial charge in [-0.15, -0.1) is 0 Å². The maximum Gasteiger partial charge on any atom is 0.219 e. The molecule has 6 nitrogen and oxygen atoms in total. The smallest absolute Gasteiger partial charge is 0.219 e. The Morgan fingerprint density at radius 1 is 1.38 bits per heavy atom. The van der Waals surface area contributed by atoms with Crippen LogP contribution in [-0.4, -0.2) is 34.3 Å². The van der Waals surface area contributed by atoms with Crippen molar-refractivity contribution in [2.24, 2.45) is 16.5 Å². The van der Waals surface area contributed by atoms with Crippen molar-refractivity contribution < 1.29 is 0 Å². The van der Waals surface area contributed by atoms with Crippen LogP contribution in [-0.2, 0) is 0 Å². The molecule has 0 aromatic carbocycles. The van der Waals surface area contributed by atoms with E-state index in [1.165, 1.54) is 0 Å². The molecular formula is C5H10N6S2. The Kier molecular flexibility index (Phi) is 3.20. The average molecular weight is 218 g/mol. The minimum absolute atomic E-state index is 0.162. The molecule has 0 aliphatic carbocycles. The lowest BCUT2D eigenvalue weighted by Crippen LogP contribution is -2.53. The third-order valence-electron chi connectivity index (χ3n) is 1.32. The number of hydrogen-bond donors (Lipinski definition) is 4. The van der Waals surface area contributed by atoms with Crippen LogP contribution in [0.4, 0.5) is 0 Å². The van der Waals surface area contributed by atoms with Crippen molar-refractivity contribution in [1.82, 2.24) is 15.8 Å². The lowest BCUT2D eigenvalue weighted by atomic mass is 10.7. The highest BCUT2D eigenvalue weighted by Crippen LogP contribution is 1.94. The van der Waals surface area contributed by atoms with E-state index in [2.05, 4.69) is 40.2 Å². The molecule has 1 heterocycles. The zero-order chi connectivity index (χ0) is 9.84. The minimum atomic E-state index is 0.162. The van der Waals surface area contributed by atoms with Crippen molar-refractivity contribution in [1.29, 1.82) is 0 Å². The highest BCUT2D eigenvalue weighted by atomic mass is 32.1. The van der Waals surface area contributed by atoms with Crippen LogP contribution < -0.4 is 22.2 Å². The van der Waals surface area contributed by atoms with Gasteiger partial charge in [0.25, 0.3) is 0 Å². The van der Waals surface area contributed by atoms with Crippen LogP contribution in [0.2, 0.25) is 0 Å². The third kappa shape index (κ3) is 2.99. The molecule has 0 saturated heterocycles. The molecule has 1 aliphatic rings. The zero-order valence-corrected chi connectivity index (χ0v) is 8.41. The van der Waals surface area contributed by atoms with Crippen LogP contribution in [0.1, 0.15) is 0 Å². The minimum Gasteiger partial charge on any atom is -0.376 e. The fourth-order valence-corrected chi connectivity index (χ4v) is 1.11. The summed E-state index contributed by atoms with van der Waals surface area (Å²) in [4.78, 5) is 4.10. The first-order chi connectivity index (χ1) is 6.09. The molecule has 0 bridgehead atoms. The molecule has 6 N–H and O–H groups in total. The quantitative estimate of drug-likeness (QED) is 0.387. The Morgan fingerprint density at radius 3 is 2.62 bits per heavy atom. The van der Waals surface area contributed by atoms with Gasteiger partial charge in [-0.3, -0.25) is 10.4 Å². The number of aliphatic imine (C=N–C) groups is 1. The van der Waals surface area contributed by atoms with E-state index in [-0.39, 0.29) is 10.2 Å². The summed E-state index contributed by atoms with van der Waals surface area (Å²) in [5, 5.41) is 4.70. The standard InChI is InChI=1S/C5H10N6S2/c6-3(12)9-5-8-1-2-11(5)10-4(7)13/h1-2H2,(H3,7,10,13)(H3,6,8,9,12). The van der Waals surface area contributed by atoms with E-state index >= 15 is 0 Å². The topological polar surface area (TPSA) is 91.7 Å². The Hall–Kier alpha value is -1.15. The summed E-state index contributed by atoms with van der Waals surface area (Å²) >= 11 is 9.34. The van der Waals surface area contributed by atoms with Gasteiger partial charge in [-0.1, -0.05) is 0 Å². The van der Waals surface area contributed by atoms with Crippen molar-refractivity contribution in [3.63, 3.8) is 0 Å². The van der Waals surface area contributed by atoms with Gasteiger partial charge in [-0.25, -0.2) is 4.99 Å². The molecule has 0 aromatic heterocycles. The summed E-state index contributed by atoms with van der Waals surface area (Å²) in [5.74, 6) is 0.542. The van der Waals surface area contributed by atoms with E-state index < -0.39 is 0 Å². The summed E-state index contributed by atoms with van der Waals surface area (Å²) < 4.78 is 0. The second-order valence-electron chi connectivity index (χ2n) is 2.32. The van der Waals surface area contributed by atoms with Crippen molar-refractivity contribution in [2.45, 2.75) is 0 Å². The number of thiocarbonyl (C=S) groups is 2. The Balaban J connectivity index is 2.52. The summed E-state index contributed by atoms with van der Waals surface area (Å²) in [6, 6.07) is 0. The Labute approximate surface area is 86.3 Å². The molecule has 13 heavy (non-hydrogen) atoms. The second kappa shape index (κ2) is 4.19. The maximum absolute atomic E-state index is 5.30. The van der Waals surface area contributed by atoms with Gasteiger partial charge in [0.2, 0.25) is 5.96 Å². The van der Waals surface area contributed by atoms with Gasteiger partial charge in [-0.05, 0) is 24.4 Å². The fraction of sp³-hybridized carbons (Fsp3) is 0.400. The predicted octanol–water partition coefficient (Wildman–Crippen LogP) is -1.76. The molecule has 0 fully saturated rings. The Bertz CT molecular complexity index is 262. The van der Waals surface area contributed by atoms with Gasteiger partial charge in [0.15, 0.2) is 10.2 Å². The summed E-state index contributed by atoms with van der Waals surface area (Å²) in [6.45, 7) is 1.34. The first-order valence-electron chi connectivity index (χ1n) is 3.54. The molecule has 72 valence electrons. The van der Waals surface area contributed by atoms with E-state index in [1.807, 2.05) is 0 Å². The van der Waals surface area contributed by atoms with E-state index in [4.69, 9.17) is 11.5 Å². The number of rotatable bonds is 1. The summed E-state index contributed by atoms with van der Waals surface area (Å²) in [7, 11) is 0. The normalized spacial score (nSPS) is 15.1. The average Bonchev–Trinajstić information content (AvgIpc) is 2.34. The number of nitrogens with two attached hydrogens (primary N) is 2. The summed E-state index contributed by atoms with van der Waals surface area (Å²) in [5.41, 5.74) is 13.3. The second-order valence-corrected chi connectivity index (χ2v) is 3.20. The molecule has 0 atom stereocenters. The highest BCUT2D eigenvalue weighted by molar-refractivity contribution is 7.80. The molecule has 1 rings (SSSR count). The lowest BCUT2D eigenvalue weighted by Gasteiger charge is -2.20. The zero-order valence-electron chi connectivity index (χ0n) is 6.78. The molecule has 0 aromatic rings. The molecule has 0 radical (unpaired) electrons. The van der Waals surface area contributed by atoms with Crippen LogP contribution in [0.25, 0.3) is 0 Å². The molecule has 0 amide bonds.